The molecule has 86 valence electrons. The van der Waals surface area contributed by atoms with Gasteiger partial charge >= 0.3 is 5.97 Å². The van der Waals surface area contributed by atoms with Gasteiger partial charge in [0.2, 0.25) is 5.91 Å². The average Bonchev–Trinajstić information content (AvgIpc) is 2.14. The third-order valence-electron chi connectivity index (χ3n) is 1.09. The Labute approximate surface area is 89.2 Å². The van der Waals surface area contributed by atoms with Crippen LogP contribution < -0.4 is 5.73 Å². The molecule has 0 spiro atoms. The van der Waals surface area contributed by atoms with Gasteiger partial charge in [-0.2, -0.15) is 0 Å². The molecule has 0 bridgehead atoms. The number of primary amides is 1. The average molecular weight is 215 g/mol. The number of rotatable bonds is 4. The number of carbonyl (C=O) groups excluding carboxylic acids is 2. The molecule has 5 nitrogen and oxygen atoms in total. The van der Waals surface area contributed by atoms with Gasteiger partial charge in [-0.15, -0.1) is 0 Å². The molecule has 0 atom stereocenters. The Bertz CT molecular complexity index is 246. The van der Waals surface area contributed by atoms with Crippen molar-refractivity contribution >= 4 is 11.9 Å². The van der Waals surface area contributed by atoms with Crippen LogP contribution in [0.1, 0.15) is 13.8 Å². The van der Waals surface area contributed by atoms with Crippen molar-refractivity contribution in [1.82, 2.24) is 0 Å². The van der Waals surface area contributed by atoms with Gasteiger partial charge in [0.1, 0.15) is 6.61 Å². The fraction of sp³-hybridized carbons (Fsp3) is 0.400. The summed E-state index contributed by atoms with van der Waals surface area (Å²) in [5, 5.41) is 8.19. The SMILES string of the molecule is C=C(C)C(=O)OCCO.C=C(C)C(N)=O. The van der Waals surface area contributed by atoms with E-state index >= 15 is 0 Å². The lowest BCUT2D eigenvalue weighted by Gasteiger charge is -1.99. The third kappa shape index (κ3) is 12.4. The largest absolute Gasteiger partial charge is 0.460 e. The molecule has 0 aromatic rings. The second kappa shape index (κ2) is 8.96. The Kier molecular flexibility index (Phi) is 9.45. The van der Waals surface area contributed by atoms with Crippen LogP contribution in [-0.4, -0.2) is 30.2 Å². The highest BCUT2D eigenvalue weighted by atomic mass is 16.5. The zero-order valence-electron chi connectivity index (χ0n) is 9.08. The van der Waals surface area contributed by atoms with E-state index in [4.69, 9.17) is 10.8 Å². The molecule has 0 aromatic heterocycles. The topological polar surface area (TPSA) is 89.6 Å². The maximum absolute atomic E-state index is 10.5. The minimum atomic E-state index is -0.455. The molecule has 0 unspecified atom stereocenters. The molecule has 0 aliphatic rings. The Morgan fingerprint density at radius 1 is 1.27 bits per heavy atom. The van der Waals surface area contributed by atoms with Crippen LogP contribution in [0.3, 0.4) is 0 Å². The highest BCUT2D eigenvalue weighted by Gasteiger charge is 1.99. The highest BCUT2D eigenvalue weighted by Crippen LogP contribution is 1.89. The Hall–Kier alpha value is -1.62. The zero-order chi connectivity index (χ0) is 12.4. The number of aliphatic hydroxyl groups is 1. The van der Waals surface area contributed by atoms with Gasteiger partial charge in [0.15, 0.2) is 0 Å². The summed E-state index contributed by atoms with van der Waals surface area (Å²) in [6.07, 6.45) is 0. The number of nitrogens with two attached hydrogens (primary N) is 1. The normalized spacial score (nSPS) is 8.20. The van der Waals surface area contributed by atoms with Crippen molar-refractivity contribution in [3.63, 3.8) is 0 Å². The summed E-state index contributed by atoms with van der Waals surface area (Å²) in [7, 11) is 0. The van der Waals surface area contributed by atoms with Crippen LogP contribution in [0.2, 0.25) is 0 Å². The van der Waals surface area contributed by atoms with Crippen molar-refractivity contribution in [3.8, 4) is 0 Å². The molecule has 3 N–H and O–H groups in total. The second-order valence-corrected chi connectivity index (χ2v) is 2.78. The number of hydrogen-bond acceptors (Lipinski definition) is 4. The van der Waals surface area contributed by atoms with Gasteiger partial charge in [-0.25, -0.2) is 4.79 Å². The van der Waals surface area contributed by atoms with Crippen molar-refractivity contribution in [2.75, 3.05) is 13.2 Å². The van der Waals surface area contributed by atoms with Gasteiger partial charge in [0.25, 0.3) is 0 Å². The van der Waals surface area contributed by atoms with E-state index in [0.717, 1.165) is 0 Å². The molecule has 0 rings (SSSR count). The molecular weight excluding hydrogens is 198 g/mol. The van der Waals surface area contributed by atoms with Crippen LogP contribution in [0.4, 0.5) is 0 Å². The van der Waals surface area contributed by atoms with Gasteiger partial charge in [-0.1, -0.05) is 13.2 Å². The van der Waals surface area contributed by atoms with Crippen molar-refractivity contribution in [2.24, 2.45) is 5.73 Å². The fourth-order valence-electron chi connectivity index (χ4n) is 0.262. The van der Waals surface area contributed by atoms with Crippen molar-refractivity contribution < 1.29 is 19.4 Å². The first-order valence-corrected chi connectivity index (χ1v) is 4.21. The van der Waals surface area contributed by atoms with Gasteiger partial charge in [-0.05, 0) is 13.8 Å². The van der Waals surface area contributed by atoms with E-state index in [1.807, 2.05) is 0 Å². The smallest absolute Gasteiger partial charge is 0.333 e. The molecule has 0 fully saturated rings. The first-order valence-electron chi connectivity index (χ1n) is 4.21. The fourth-order valence-corrected chi connectivity index (χ4v) is 0.262. The predicted molar refractivity (Wildman–Crippen MR) is 56.9 cm³/mol. The maximum atomic E-state index is 10.5. The summed E-state index contributed by atoms with van der Waals surface area (Å²) < 4.78 is 4.46. The van der Waals surface area contributed by atoms with Gasteiger partial charge in [0.05, 0.1) is 6.61 Å². The minimum absolute atomic E-state index is 0.0473. The van der Waals surface area contributed by atoms with Crippen LogP contribution in [-0.2, 0) is 14.3 Å². The van der Waals surface area contributed by atoms with E-state index in [9.17, 15) is 9.59 Å². The molecule has 0 aliphatic carbocycles. The number of ether oxygens (including phenoxy) is 1. The van der Waals surface area contributed by atoms with Crippen molar-refractivity contribution in [1.29, 1.82) is 0 Å². The maximum Gasteiger partial charge on any atom is 0.333 e. The quantitative estimate of drug-likeness (QED) is 0.516. The highest BCUT2D eigenvalue weighted by molar-refractivity contribution is 5.90. The van der Waals surface area contributed by atoms with Crippen molar-refractivity contribution in [2.45, 2.75) is 13.8 Å². The molecule has 0 heterocycles. The lowest BCUT2D eigenvalue weighted by molar-refractivity contribution is -0.139. The van der Waals surface area contributed by atoms with Crippen LogP contribution in [0.25, 0.3) is 0 Å². The molecular formula is C10H17NO4. The lowest BCUT2D eigenvalue weighted by atomic mass is 10.3. The zero-order valence-corrected chi connectivity index (χ0v) is 9.08. The second-order valence-electron chi connectivity index (χ2n) is 2.78. The molecule has 1 amide bonds. The molecule has 0 radical (unpaired) electrons. The van der Waals surface area contributed by atoms with Crippen LogP contribution in [0, 0.1) is 0 Å². The first kappa shape index (κ1) is 15.8. The lowest BCUT2D eigenvalue weighted by Crippen LogP contribution is -2.10. The monoisotopic (exact) mass is 215 g/mol. The summed E-state index contributed by atoms with van der Waals surface area (Å²) in [5.41, 5.74) is 5.45. The molecule has 15 heavy (non-hydrogen) atoms. The number of hydrogen-bond donors (Lipinski definition) is 2. The van der Waals surface area contributed by atoms with Crippen molar-refractivity contribution in [3.05, 3.63) is 24.3 Å². The molecule has 0 saturated heterocycles. The molecule has 5 heteroatoms. The Morgan fingerprint density at radius 3 is 1.87 bits per heavy atom. The number of aliphatic hydroxyl groups excluding tert-OH is 1. The molecule has 0 saturated carbocycles. The van der Waals surface area contributed by atoms with E-state index in [2.05, 4.69) is 17.9 Å². The summed E-state index contributed by atoms with van der Waals surface area (Å²) >= 11 is 0. The third-order valence-corrected chi connectivity index (χ3v) is 1.09. The van der Waals surface area contributed by atoms with Gasteiger partial charge in [0, 0.05) is 11.1 Å². The van der Waals surface area contributed by atoms with Gasteiger partial charge < -0.3 is 15.6 Å². The van der Waals surface area contributed by atoms with Crippen LogP contribution in [0.15, 0.2) is 24.3 Å². The molecule has 0 aromatic carbocycles. The van der Waals surface area contributed by atoms with E-state index in [1.54, 1.807) is 13.8 Å². The standard InChI is InChI=1S/C6H10O3.C4H7NO/c1-5(2)6(8)9-4-3-7;1-3(2)4(5)6/h7H,1,3-4H2,2H3;1H2,2H3,(H2,5,6). The van der Waals surface area contributed by atoms with E-state index in [-0.39, 0.29) is 13.2 Å². The number of carbonyl (C=O) groups is 2. The minimum Gasteiger partial charge on any atom is -0.460 e. The van der Waals surface area contributed by atoms with E-state index in [1.165, 1.54) is 0 Å². The predicted octanol–water partition coefficient (Wildman–Crippen LogP) is 0.146. The van der Waals surface area contributed by atoms with Crippen LogP contribution >= 0.6 is 0 Å². The van der Waals surface area contributed by atoms with Crippen LogP contribution in [0.5, 0.6) is 0 Å². The van der Waals surface area contributed by atoms with E-state index < -0.39 is 11.9 Å². The first-order chi connectivity index (χ1) is 6.82. The summed E-state index contributed by atoms with van der Waals surface area (Å²) in [4.78, 5) is 20.3. The molecule has 0 aliphatic heterocycles. The Morgan fingerprint density at radius 2 is 1.67 bits per heavy atom. The summed E-state index contributed by atoms with van der Waals surface area (Å²) in [6.45, 7) is 9.67. The van der Waals surface area contributed by atoms with Gasteiger partial charge in [-0.3, -0.25) is 4.79 Å². The van der Waals surface area contributed by atoms with E-state index in [0.29, 0.717) is 11.1 Å². The Balaban J connectivity index is 0. The summed E-state index contributed by atoms with van der Waals surface area (Å²) in [6, 6.07) is 0. The summed E-state index contributed by atoms with van der Waals surface area (Å²) in [5.74, 6) is -0.890. The number of esters is 1. The number of amides is 1.